The van der Waals surface area contributed by atoms with E-state index >= 15 is 0 Å². The van der Waals surface area contributed by atoms with Crippen LogP contribution < -0.4 is 5.32 Å². The number of carbonyl (C=O) groups excluding carboxylic acids is 1. The molecule has 4 rings (SSSR count). The van der Waals surface area contributed by atoms with Crippen molar-refractivity contribution in [2.45, 2.75) is 45.6 Å². The molecule has 1 fully saturated rings. The van der Waals surface area contributed by atoms with Crippen molar-refractivity contribution in [1.29, 1.82) is 0 Å². The number of nitrogens with zero attached hydrogens (tertiary/aromatic N) is 4. The number of carbonyl (C=O) groups is 1. The molecule has 0 aliphatic carbocycles. The van der Waals surface area contributed by atoms with Crippen molar-refractivity contribution in [3.05, 3.63) is 76.2 Å². The van der Waals surface area contributed by atoms with Crippen LogP contribution in [0.25, 0.3) is 0 Å². The van der Waals surface area contributed by atoms with Crippen LogP contribution in [-0.2, 0) is 11.2 Å². The van der Waals surface area contributed by atoms with Gasteiger partial charge in [0, 0.05) is 29.4 Å². The van der Waals surface area contributed by atoms with Gasteiger partial charge in [-0.3, -0.25) is 4.79 Å². The number of halogens is 1. The Hall–Kier alpha value is -2.99. The van der Waals surface area contributed by atoms with E-state index in [2.05, 4.69) is 15.3 Å². The Morgan fingerprint density at radius 2 is 1.87 bits per heavy atom. The fourth-order valence-electron chi connectivity index (χ4n) is 4.06. The number of aromatic nitrogens is 3. The SMILES string of the molecule is Cc1cc(C)nc(Nc2cccc([C@@H]3CCCN3C(=O)CCc3cccc(Cl)c3)n2)n1. The molecule has 0 saturated carbocycles. The number of hydrogen-bond acceptors (Lipinski definition) is 5. The quantitative estimate of drug-likeness (QED) is 0.577. The van der Waals surface area contributed by atoms with Crippen LogP contribution in [0, 0.1) is 13.8 Å². The Labute approximate surface area is 187 Å². The highest BCUT2D eigenvalue weighted by molar-refractivity contribution is 6.30. The van der Waals surface area contributed by atoms with Gasteiger partial charge in [-0.05, 0) is 69.0 Å². The highest BCUT2D eigenvalue weighted by atomic mass is 35.5. The fraction of sp³-hybridized carbons (Fsp3) is 0.333. The Morgan fingerprint density at radius 1 is 1.10 bits per heavy atom. The zero-order valence-electron chi connectivity index (χ0n) is 17.8. The lowest BCUT2D eigenvalue weighted by Gasteiger charge is -2.25. The van der Waals surface area contributed by atoms with Gasteiger partial charge < -0.3 is 10.2 Å². The van der Waals surface area contributed by atoms with Crippen LogP contribution >= 0.6 is 11.6 Å². The minimum atomic E-state index is -0.00576. The van der Waals surface area contributed by atoms with Gasteiger partial charge >= 0.3 is 0 Å². The fourth-order valence-corrected chi connectivity index (χ4v) is 4.28. The molecule has 31 heavy (non-hydrogen) atoms. The van der Waals surface area contributed by atoms with Crippen molar-refractivity contribution in [3.8, 4) is 0 Å². The van der Waals surface area contributed by atoms with E-state index in [9.17, 15) is 4.79 Å². The summed E-state index contributed by atoms with van der Waals surface area (Å²) in [6.45, 7) is 4.64. The molecule has 0 unspecified atom stereocenters. The van der Waals surface area contributed by atoms with Crippen molar-refractivity contribution in [3.63, 3.8) is 0 Å². The maximum absolute atomic E-state index is 13.0. The molecule has 1 aromatic carbocycles. The lowest BCUT2D eigenvalue weighted by molar-refractivity contribution is -0.132. The van der Waals surface area contributed by atoms with Crippen LogP contribution in [0.2, 0.25) is 5.02 Å². The second-order valence-electron chi connectivity index (χ2n) is 7.92. The monoisotopic (exact) mass is 435 g/mol. The number of likely N-dealkylation sites (tertiary alicyclic amines) is 1. The molecule has 2 aromatic heterocycles. The summed E-state index contributed by atoms with van der Waals surface area (Å²) in [5.74, 6) is 1.36. The molecule has 1 amide bonds. The topological polar surface area (TPSA) is 71.0 Å². The normalized spacial score (nSPS) is 15.8. The highest BCUT2D eigenvalue weighted by Crippen LogP contribution is 2.32. The summed E-state index contributed by atoms with van der Waals surface area (Å²) < 4.78 is 0. The molecule has 0 radical (unpaired) electrons. The number of anilines is 2. The van der Waals surface area contributed by atoms with E-state index in [0.717, 1.165) is 42.0 Å². The minimum absolute atomic E-state index is 0.00576. The second kappa shape index (κ2) is 9.43. The van der Waals surface area contributed by atoms with Crippen LogP contribution in [0.5, 0.6) is 0 Å². The number of rotatable bonds is 6. The van der Waals surface area contributed by atoms with E-state index in [0.29, 0.717) is 29.6 Å². The average molecular weight is 436 g/mol. The van der Waals surface area contributed by atoms with Crippen molar-refractivity contribution in [2.75, 3.05) is 11.9 Å². The van der Waals surface area contributed by atoms with Gasteiger partial charge in [0.1, 0.15) is 5.82 Å². The first-order chi connectivity index (χ1) is 15.0. The molecule has 3 aromatic rings. The van der Waals surface area contributed by atoms with Gasteiger partial charge in [0.25, 0.3) is 0 Å². The predicted octanol–water partition coefficient (Wildman–Crippen LogP) is 5.18. The smallest absolute Gasteiger partial charge is 0.228 e. The summed E-state index contributed by atoms with van der Waals surface area (Å²) in [5.41, 5.74) is 3.77. The molecule has 1 saturated heterocycles. The minimum Gasteiger partial charge on any atom is -0.334 e. The Balaban J connectivity index is 1.45. The van der Waals surface area contributed by atoms with E-state index in [-0.39, 0.29) is 11.9 Å². The molecule has 1 N–H and O–H groups in total. The van der Waals surface area contributed by atoms with Crippen LogP contribution in [0.1, 0.15) is 47.9 Å². The summed E-state index contributed by atoms with van der Waals surface area (Å²) in [4.78, 5) is 28.5. The van der Waals surface area contributed by atoms with Gasteiger partial charge in [-0.15, -0.1) is 0 Å². The van der Waals surface area contributed by atoms with E-state index in [1.165, 1.54) is 0 Å². The summed E-state index contributed by atoms with van der Waals surface area (Å²) in [5, 5.41) is 3.90. The molecule has 0 spiro atoms. The maximum atomic E-state index is 13.0. The van der Waals surface area contributed by atoms with Gasteiger partial charge in [-0.25, -0.2) is 15.0 Å². The first-order valence-electron chi connectivity index (χ1n) is 10.6. The van der Waals surface area contributed by atoms with Crippen LogP contribution in [0.3, 0.4) is 0 Å². The third-order valence-corrected chi connectivity index (χ3v) is 5.66. The van der Waals surface area contributed by atoms with Crippen molar-refractivity contribution < 1.29 is 4.79 Å². The van der Waals surface area contributed by atoms with Crippen LogP contribution in [0.15, 0.2) is 48.5 Å². The second-order valence-corrected chi connectivity index (χ2v) is 8.36. The van der Waals surface area contributed by atoms with E-state index in [1.54, 1.807) is 0 Å². The van der Waals surface area contributed by atoms with E-state index in [1.807, 2.05) is 67.3 Å². The Kier molecular flexibility index (Phi) is 6.47. The first-order valence-corrected chi connectivity index (χ1v) is 11.0. The number of nitrogens with one attached hydrogen (secondary N) is 1. The number of hydrogen-bond donors (Lipinski definition) is 1. The molecule has 1 atom stereocenters. The van der Waals surface area contributed by atoms with E-state index in [4.69, 9.17) is 16.6 Å². The number of amides is 1. The Morgan fingerprint density at radius 3 is 2.65 bits per heavy atom. The molecule has 6 nitrogen and oxygen atoms in total. The summed E-state index contributed by atoms with van der Waals surface area (Å²) in [6, 6.07) is 15.5. The lowest BCUT2D eigenvalue weighted by Crippen LogP contribution is -2.31. The predicted molar refractivity (Wildman–Crippen MR) is 122 cm³/mol. The zero-order chi connectivity index (χ0) is 21.8. The summed E-state index contributed by atoms with van der Waals surface area (Å²) in [6.07, 6.45) is 3.04. The lowest BCUT2D eigenvalue weighted by atomic mass is 10.1. The Bertz CT molecular complexity index is 1070. The zero-order valence-corrected chi connectivity index (χ0v) is 18.6. The molecule has 7 heteroatoms. The molecule has 3 heterocycles. The molecular formula is C24H26ClN5O. The van der Waals surface area contributed by atoms with Gasteiger partial charge in [0.05, 0.1) is 11.7 Å². The van der Waals surface area contributed by atoms with Crippen molar-refractivity contribution in [2.24, 2.45) is 0 Å². The van der Waals surface area contributed by atoms with Gasteiger partial charge in [0.15, 0.2) is 0 Å². The number of benzene rings is 1. The van der Waals surface area contributed by atoms with Gasteiger partial charge in [-0.2, -0.15) is 0 Å². The van der Waals surface area contributed by atoms with Crippen LogP contribution in [0.4, 0.5) is 11.8 Å². The molecule has 0 bridgehead atoms. The summed E-state index contributed by atoms with van der Waals surface area (Å²) in [7, 11) is 0. The number of pyridine rings is 1. The highest BCUT2D eigenvalue weighted by Gasteiger charge is 2.30. The maximum Gasteiger partial charge on any atom is 0.228 e. The molecular weight excluding hydrogens is 410 g/mol. The van der Waals surface area contributed by atoms with Gasteiger partial charge in [0.2, 0.25) is 11.9 Å². The van der Waals surface area contributed by atoms with Crippen LogP contribution in [-0.4, -0.2) is 32.3 Å². The third-order valence-electron chi connectivity index (χ3n) is 5.42. The first kappa shape index (κ1) is 21.2. The van der Waals surface area contributed by atoms with Gasteiger partial charge in [-0.1, -0.05) is 29.8 Å². The average Bonchev–Trinajstić information content (AvgIpc) is 3.22. The van der Waals surface area contributed by atoms with Crippen molar-refractivity contribution >= 4 is 29.3 Å². The van der Waals surface area contributed by atoms with Crippen molar-refractivity contribution in [1.82, 2.24) is 19.9 Å². The summed E-state index contributed by atoms with van der Waals surface area (Å²) >= 11 is 6.06. The third kappa shape index (κ3) is 5.39. The van der Waals surface area contributed by atoms with E-state index < -0.39 is 0 Å². The molecule has 160 valence electrons. The molecule has 1 aliphatic heterocycles. The number of aryl methyl sites for hydroxylation is 3. The largest absolute Gasteiger partial charge is 0.334 e. The molecule has 1 aliphatic rings. The standard InChI is InChI=1S/C24H26ClN5O/c1-16-14-17(2)27-24(26-16)29-22-10-4-8-20(28-22)21-9-5-13-30(21)23(31)12-11-18-6-3-7-19(25)15-18/h3-4,6-8,10,14-15,21H,5,9,11-13H2,1-2H3,(H,26,27,28,29)/t21-/m0/s1.